The van der Waals surface area contributed by atoms with Crippen LogP contribution in [0.4, 0.5) is 11.4 Å². The second-order valence-corrected chi connectivity index (χ2v) is 24.5. The van der Waals surface area contributed by atoms with Crippen molar-refractivity contribution in [2.45, 2.75) is 96.8 Å². The summed E-state index contributed by atoms with van der Waals surface area (Å²) < 4.78 is 12.3. The van der Waals surface area contributed by atoms with Crippen LogP contribution in [0.25, 0.3) is 91.9 Å². The highest BCUT2D eigenvalue weighted by atomic mass is 32.1. The molecule has 0 radical (unpaired) electrons. The van der Waals surface area contributed by atoms with Gasteiger partial charge in [-0.25, -0.2) is 0 Å². The van der Waals surface area contributed by atoms with Crippen LogP contribution in [-0.2, 0) is 21.7 Å². The molecule has 4 aliphatic rings. The molecule has 68 heavy (non-hydrogen) atoms. The van der Waals surface area contributed by atoms with Crippen molar-refractivity contribution in [1.82, 2.24) is 4.57 Å². The van der Waals surface area contributed by atoms with E-state index in [0.717, 1.165) is 21.9 Å². The minimum absolute atomic E-state index is 0.0210. The van der Waals surface area contributed by atoms with Gasteiger partial charge in [0, 0.05) is 75.3 Å². The Bertz CT molecular complexity index is 4110. The van der Waals surface area contributed by atoms with Crippen LogP contribution in [0.15, 0.2) is 138 Å². The van der Waals surface area contributed by atoms with Gasteiger partial charge in [0.15, 0.2) is 0 Å². The van der Waals surface area contributed by atoms with Crippen LogP contribution in [-0.4, -0.2) is 11.4 Å². The monoisotopic (exact) mass is 896 g/mol. The Kier molecular flexibility index (Phi) is 7.28. The smallest absolute Gasteiger partial charge is 0.333 e. The normalized spacial score (nSPS) is 17.1. The molecule has 15 rings (SSSR count). The lowest BCUT2D eigenvalue weighted by molar-refractivity contribution is 0.332. The fourth-order valence-corrected chi connectivity index (χ4v) is 14.9. The number of aromatic nitrogens is 1. The lowest BCUT2D eigenvalue weighted by atomic mass is 9.43. The molecule has 2 aliphatic heterocycles. The summed E-state index contributed by atoms with van der Waals surface area (Å²) in [6.45, 7) is 21.6. The largest absolute Gasteiger partial charge is 0.456 e. The molecule has 0 saturated heterocycles. The zero-order chi connectivity index (χ0) is 46.1. The van der Waals surface area contributed by atoms with Crippen LogP contribution < -0.4 is 15.7 Å². The van der Waals surface area contributed by atoms with Crippen LogP contribution >= 0.6 is 11.3 Å². The number of benzene rings is 8. The van der Waals surface area contributed by atoms with Crippen molar-refractivity contribution in [3.8, 4) is 27.9 Å². The number of para-hydroxylation sites is 1. The third-order valence-electron chi connectivity index (χ3n) is 17.4. The van der Waals surface area contributed by atoms with Crippen LogP contribution in [0.3, 0.4) is 0 Å². The molecule has 0 spiro atoms. The number of furan rings is 1. The number of hydrogen-bond donors (Lipinski definition) is 0. The first-order valence-electron chi connectivity index (χ1n) is 24.7. The first kappa shape index (κ1) is 39.4. The summed E-state index contributed by atoms with van der Waals surface area (Å²) in [5.41, 5.74) is 23.4. The molecule has 2 aliphatic carbocycles. The quantitative estimate of drug-likeness (QED) is 0.153. The average Bonchev–Trinajstić information content (AvgIpc) is 4.05. The highest BCUT2D eigenvalue weighted by molar-refractivity contribution is 7.27. The molecule has 8 aromatic carbocycles. The van der Waals surface area contributed by atoms with Gasteiger partial charge in [-0.1, -0.05) is 141 Å². The molecular weight excluding hydrogens is 844 g/mol. The number of nitrogens with zero attached hydrogens (tertiary/aromatic N) is 2. The summed E-state index contributed by atoms with van der Waals surface area (Å²) in [5.74, 6) is 0. The van der Waals surface area contributed by atoms with Gasteiger partial charge in [-0.2, -0.15) is 0 Å². The minimum Gasteiger partial charge on any atom is -0.456 e. The van der Waals surface area contributed by atoms with E-state index in [9.17, 15) is 0 Å². The lowest BCUT2D eigenvalue weighted by Gasteiger charge is -2.43. The number of fused-ring (bicyclic) bond motifs is 20. The fraction of sp³-hybridized carbons (Fsp3) is 0.238. The fourth-order valence-electron chi connectivity index (χ4n) is 13.6. The summed E-state index contributed by atoms with van der Waals surface area (Å²) in [6, 6.07) is 51.9. The zero-order valence-corrected chi connectivity index (χ0v) is 41.2. The van der Waals surface area contributed by atoms with Crippen molar-refractivity contribution in [2.24, 2.45) is 0 Å². The topological polar surface area (TPSA) is 21.3 Å². The predicted molar refractivity (Wildman–Crippen MR) is 292 cm³/mol. The first-order chi connectivity index (χ1) is 32.6. The van der Waals surface area contributed by atoms with Gasteiger partial charge in [0.05, 0.1) is 11.0 Å². The number of hydrogen-bond acceptors (Lipinski definition) is 3. The second-order valence-electron chi connectivity index (χ2n) is 23.5. The summed E-state index contributed by atoms with van der Waals surface area (Å²) in [6.07, 6.45) is 2.34. The van der Waals surface area contributed by atoms with Crippen LogP contribution in [0.2, 0.25) is 0 Å². The molecule has 5 heterocycles. The van der Waals surface area contributed by atoms with Crippen molar-refractivity contribution in [1.29, 1.82) is 0 Å². The SMILES string of the molecule is CC(C)(C)c1ccc(N2B3c4cc5c(cc4-n4c6cc7c(cc6c6c8c(sc9ccccc98)c(c3c64)-c3cc4oc6ccccc6c4cc32)C(C)(C)CCC7(C)C)C(C)(C)c2ccccc2-5)cc1. The third-order valence-corrected chi connectivity index (χ3v) is 18.6. The Balaban J connectivity index is 1.20. The molecule has 0 bridgehead atoms. The summed E-state index contributed by atoms with van der Waals surface area (Å²) in [4.78, 5) is 2.72. The van der Waals surface area contributed by atoms with Crippen LogP contribution in [0.1, 0.15) is 103 Å². The van der Waals surface area contributed by atoms with E-state index in [1.165, 1.54) is 133 Å². The lowest BCUT2D eigenvalue weighted by Crippen LogP contribution is -2.60. The predicted octanol–water partition coefficient (Wildman–Crippen LogP) is 16.2. The van der Waals surface area contributed by atoms with E-state index in [1.807, 2.05) is 11.3 Å². The molecule has 0 N–H and O–H groups in total. The number of anilines is 2. The van der Waals surface area contributed by atoms with E-state index < -0.39 is 0 Å². The Labute approximate surface area is 402 Å². The van der Waals surface area contributed by atoms with Crippen molar-refractivity contribution in [3.63, 3.8) is 0 Å². The van der Waals surface area contributed by atoms with Crippen LogP contribution in [0, 0.1) is 0 Å². The Morgan fingerprint density at radius 1 is 0.574 bits per heavy atom. The standard InChI is InChI=1S/C63H53BN2OS/c1-60(2,3)34-22-24-35(25-23-34)66-49-30-40-37-17-11-14-20-51(37)67-52(40)31-42(49)56-57-58-54(55-38-18-12-15-21-53(38)68-59(55)56)41-28-45-46(62(6,7)27-26-61(45,4)5)33-48(41)65(58)50-32-44-39(29-47(50)64(57)66)36-16-10-13-19-43(36)63(44,8)9/h10-25,28-33H,26-27H2,1-9H3. The average molecular weight is 897 g/mol. The number of thiophene rings is 1. The molecular formula is C63H53BN2OS. The van der Waals surface area contributed by atoms with Gasteiger partial charge >= 0.3 is 6.85 Å². The molecule has 330 valence electrons. The maximum Gasteiger partial charge on any atom is 0.333 e. The molecule has 11 aromatic rings. The van der Waals surface area contributed by atoms with Gasteiger partial charge in [0.25, 0.3) is 0 Å². The number of rotatable bonds is 1. The van der Waals surface area contributed by atoms with Crippen molar-refractivity contribution in [3.05, 3.63) is 161 Å². The summed E-state index contributed by atoms with van der Waals surface area (Å²) in [7, 11) is 0. The molecule has 5 heteroatoms. The van der Waals surface area contributed by atoms with Crippen molar-refractivity contribution in [2.75, 3.05) is 4.81 Å². The van der Waals surface area contributed by atoms with Gasteiger partial charge < -0.3 is 13.8 Å². The van der Waals surface area contributed by atoms with Crippen molar-refractivity contribution < 1.29 is 4.42 Å². The van der Waals surface area contributed by atoms with Gasteiger partial charge in [-0.3, -0.25) is 0 Å². The molecule has 0 atom stereocenters. The minimum atomic E-state index is -0.164. The Morgan fingerprint density at radius 3 is 2.06 bits per heavy atom. The maximum absolute atomic E-state index is 6.83. The van der Waals surface area contributed by atoms with E-state index in [4.69, 9.17) is 4.42 Å². The van der Waals surface area contributed by atoms with Gasteiger partial charge in [0.2, 0.25) is 0 Å². The van der Waals surface area contributed by atoms with Gasteiger partial charge in [0.1, 0.15) is 11.2 Å². The van der Waals surface area contributed by atoms with Crippen molar-refractivity contribution >= 4 is 104 Å². The van der Waals surface area contributed by atoms with E-state index in [0.29, 0.717) is 0 Å². The zero-order valence-electron chi connectivity index (χ0n) is 40.4. The van der Waals surface area contributed by atoms with Gasteiger partial charge in [-0.15, -0.1) is 11.3 Å². The Hall–Kier alpha value is -6.56. The van der Waals surface area contributed by atoms with E-state index in [-0.39, 0.29) is 28.5 Å². The van der Waals surface area contributed by atoms with E-state index in [1.54, 1.807) is 0 Å². The highest BCUT2D eigenvalue weighted by Gasteiger charge is 2.48. The van der Waals surface area contributed by atoms with E-state index in [2.05, 4.69) is 205 Å². The van der Waals surface area contributed by atoms with Crippen LogP contribution in [0.5, 0.6) is 0 Å². The molecule has 3 aromatic heterocycles. The highest BCUT2D eigenvalue weighted by Crippen LogP contribution is 2.57. The molecule has 0 saturated carbocycles. The van der Waals surface area contributed by atoms with E-state index >= 15 is 0 Å². The molecule has 0 amide bonds. The summed E-state index contributed by atoms with van der Waals surface area (Å²) >= 11 is 1.97. The first-order valence-corrected chi connectivity index (χ1v) is 25.6. The molecule has 0 unspecified atom stereocenters. The molecule has 0 fully saturated rings. The second kappa shape index (κ2) is 12.6. The summed E-state index contributed by atoms with van der Waals surface area (Å²) in [5, 5.41) is 7.78. The maximum atomic E-state index is 6.83. The van der Waals surface area contributed by atoms with Gasteiger partial charge in [-0.05, 0) is 134 Å². The third kappa shape index (κ3) is 4.81. The Morgan fingerprint density at radius 2 is 1.28 bits per heavy atom. The molecule has 3 nitrogen and oxygen atoms in total.